The van der Waals surface area contributed by atoms with Crippen molar-refractivity contribution in [3.63, 3.8) is 0 Å². The molecule has 0 radical (unpaired) electrons. The van der Waals surface area contributed by atoms with E-state index in [4.69, 9.17) is 14.7 Å². The van der Waals surface area contributed by atoms with Gasteiger partial charge in [-0.1, -0.05) is 67.9 Å². The molecule has 6 aromatic rings. The van der Waals surface area contributed by atoms with Crippen molar-refractivity contribution < 1.29 is 4.74 Å². The predicted molar refractivity (Wildman–Crippen MR) is 168 cm³/mol. The maximum atomic E-state index is 5.77. The van der Waals surface area contributed by atoms with Gasteiger partial charge in [-0.2, -0.15) is 4.68 Å². The first kappa shape index (κ1) is 28.4. The van der Waals surface area contributed by atoms with E-state index in [0.717, 1.165) is 69.8 Å². The molecule has 43 heavy (non-hydrogen) atoms. The molecule has 4 heterocycles. The molecule has 9 heteroatoms. The fourth-order valence-electron chi connectivity index (χ4n) is 5.52. The Morgan fingerprint density at radius 3 is 2.44 bits per heavy atom. The summed E-state index contributed by atoms with van der Waals surface area (Å²) >= 11 is 0. The molecule has 0 spiro atoms. The molecule has 0 N–H and O–H groups in total. The van der Waals surface area contributed by atoms with Gasteiger partial charge in [0, 0.05) is 47.8 Å². The smallest absolute Gasteiger partial charge is 0.185 e. The summed E-state index contributed by atoms with van der Waals surface area (Å²) in [5.74, 6) is 1.75. The van der Waals surface area contributed by atoms with Gasteiger partial charge in [-0.15, -0.1) is 5.10 Å². The number of imidazole rings is 1. The predicted octanol–water partition coefficient (Wildman–Crippen LogP) is 7.07. The van der Waals surface area contributed by atoms with E-state index < -0.39 is 0 Å². The van der Waals surface area contributed by atoms with Crippen LogP contribution < -0.4 is 0 Å². The number of tetrazole rings is 1. The Balaban J connectivity index is 1.33. The van der Waals surface area contributed by atoms with Crippen molar-refractivity contribution in [1.82, 2.24) is 39.7 Å². The Kier molecular flexibility index (Phi) is 8.33. The molecule has 9 nitrogen and oxygen atoms in total. The van der Waals surface area contributed by atoms with Crippen LogP contribution in [0.2, 0.25) is 0 Å². The van der Waals surface area contributed by atoms with Crippen molar-refractivity contribution in [2.45, 2.75) is 59.7 Å². The van der Waals surface area contributed by atoms with Crippen LogP contribution in [0.1, 0.15) is 56.9 Å². The summed E-state index contributed by atoms with van der Waals surface area (Å²) in [6.07, 6.45) is 6.50. The van der Waals surface area contributed by atoms with Gasteiger partial charge < -0.3 is 9.30 Å². The van der Waals surface area contributed by atoms with Crippen LogP contribution in [0.25, 0.3) is 44.8 Å². The largest absolute Gasteiger partial charge is 0.357 e. The molecule has 0 aliphatic carbocycles. The van der Waals surface area contributed by atoms with Crippen molar-refractivity contribution >= 4 is 11.2 Å². The normalized spacial score (nSPS) is 12.2. The molecule has 0 aliphatic heterocycles. The number of hydrogen-bond acceptors (Lipinski definition) is 7. The Hall–Kier alpha value is -4.76. The lowest BCUT2D eigenvalue weighted by molar-refractivity contribution is 0.0159. The molecule has 2 aromatic carbocycles. The zero-order valence-corrected chi connectivity index (χ0v) is 25.1. The first-order chi connectivity index (χ1) is 21.1. The third-order valence-corrected chi connectivity index (χ3v) is 7.74. The average Bonchev–Trinajstić information content (AvgIpc) is 3.66. The number of fused-ring (bicyclic) bond motifs is 1. The van der Waals surface area contributed by atoms with Crippen molar-refractivity contribution in [3.8, 4) is 33.6 Å². The van der Waals surface area contributed by atoms with E-state index in [1.807, 2.05) is 38.2 Å². The number of hydrogen-bond donors (Lipinski definition) is 0. The number of nitrogens with zero attached hydrogens (tertiary/aromatic N) is 8. The van der Waals surface area contributed by atoms with Crippen LogP contribution in [-0.4, -0.2) is 46.3 Å². The number of rotatable bonds is 11. The molecular weight excluding hydrogens is 536 g/mol. The second-order valence-electron chi connectivity index (χ2n) is 10.7. The van der Waals surface area contributed by atoms with Gasteiger partial charge in [0.25, 0.3) is 0 Å². The van der Waals surface area contributed by atoms with E-state index >= 15 is 0 Å². The van der Waals surface area contributed by atoms with Gasteiger partial charge in [0.05, 0.1) is 6.54 Å². The molecule has 6 rings (SSSR count). The maximum absolute atomic E-state index is 5.77. The van der Waals surface area contributed by atoms with Crippen molar-refractivity contribution in [3.05, 3.63) is 96.2 Å². The van der Waals surface area contributed by atoms with Gasteiger partial charge in [0.2, 0.25) is 0 Å². The van der Waals surface area contributed by atoms with Gasteiger partial charge in [0.1, 0.15) is 11.3 Å². The maximum Gasteiger partial charge on any atom is 0.185 e. The fraction of sp³-hybridized carbons (Fsp3) is 0.294. The summed E-state index contributed by atoms with van der Waals surface area (Å²) in [5.41, 5.74) is 9.22. The number of benzene rings is 2. The second-order valence-corrected chi connectivity index (χ2v) is 10.7. The standard InChI is InChI=1S/C34H36N8O/c1-5-7-14-32-37-31-20-30(27-11-10-19-35-21-27)23(3)36-34(31)41(32)22-25-15-17-26(18-16-25)28-12-8-9-13-29(28)33-38-39-40-42(33)24(4)43-6-2/h8-13,15-21,24H,5-7,14,22H2,1-4H3. The topological polar surface area (TPSA) is 96.4 Å². The van der Waals surface area contributed by atoms with Crippen molar-refractivity contribution in [2.24, 2.45) is 0 Å². The lowest BCUT2D eigenvalue weighted by Crippen LogP contribution is -2.12. The summed E-state index contributed by atoms with van der Waals surface area (Å²) in [6, 6.07) is 23.1. The van der Waals surface area contributed by atoms with E-state index in [1.165, 1.54) is 5.56 Å². The highest BCUT2D eigenvalue weighted by Gasteiger charge is 2.19. The number of unbranched alkanes of at least 4 members (excludes halogenated alkanes) is 1. The summed E-state index contributed by atoms with van der Waals surface area (Å²) < 4.78 is 9.77. The minimum absolute atomic E-state index is 0.268. The minimum Gasteiger partial charge on any atom is -0.357 e. The van der Waals surface area contributed by atoms with E-state index in [1.54, 1.807) is 10.9 Å². The first-order valence-corrected chi connectivity index (χ1v) is 14.9. The van der Waals surface area contributed by atoms with Gasteiger partial charge in [0.15, 0.2) is 17.7 Å². The third kappa shape index (κ3) is 5.81. The van der Waals surface area contributed by atoms with E-state index in [9.17, 15) is 0 Å². The molecule has 0 bridgehead atoms. The molecule has 0 aliphatic rings. The van der Waals surface area contributed by atoms with Crippen molar-refractivity contribution in [2.75, 3.05) is 6.61 Å². The fourth-order valence-corrected chi connectivity index (χ4v) is 5.52. The van der Waals surface area contributed by atoms with Crippen molar-refractivity contribution in [1.29, 1.82) is 0 Å². The Morgan fingerprint density at radius 2 is 1.70 bits per heavy atom. The van der Waals surface area contributed by atoms with Gasteiger partial charge >= 0.3 is 0 Å². The van der Waals surface area contributed by atoms with Crippen LogP contribution in [-0.2, 0) is 17.7 Å². The van der Waals surface area contributed by atoms with Crippen LogP contribution in [0, 0.1) is 6.92 Å². The minimum atomic E-state index is -0.268. The zero-order valence-electron chi connectivity index (χ0n) is 25.1. The van der Waals surface area contributed by atoms with Crippen LogP contribution >= 0.6 is 0 Å². The molecular formula is C34H36N8O. The molecule has 4 aromatic heterocycles. The van der Waals surface area contributed by atoms with E-state index in [2.05, 4.69) is 87.5 Å². The highest BCUT2D eigenvalue weighted by atomic mass is 16.5. The molecule has 218 valence electrons. The number of pyridine rings is 2. The molecule has 1 unspecified atom stereocenters. The SMILES string of the molecule is CCCCc1nc2cc(-c3cccnc3)c(C)nc2n1Cc1ccc(-c2ccccc2-c2nnnn2C(C)OCC)cc1. The molecule has 0 amide bonds. The number of ether oxygens (including phenoxy) is 1. The van der Waals surface area contributed by atoms with Crippen LogP contribution in [0.15, 0.2) is 79.1 Å². The molecule has 0 saturated carbocycles. The summed E-state index contributed by atoms with van der Waals surface area (Å²) in [4.78, 5) is 14.4. The Morgan fingerprint density at radius 1 is 0.884 bits per heavy atom. The summed E-state index contributed by atoms with van der Waals surface area (Å²) in [5, 5.41) is 12.5. The molecule has 0 fully saturated rings. The Bertz CT molecular complexity index is 1830. The first-order valence-electron chi connectivity index (χ1n) is 14.9. The number of aryl methyl sites for hydroxylation is 2. The van der Waals surface area contributed by atoms with E-state index in [-0.39, 0.29) is 6.23 Å². The summed E-state index contributed by atoms with van der Waals surface area (Å²) in [6.45, 7) is 9.46. The average molecular weight is 573 g/mol. The lowest BCUT2D eigenvalue weighted by atomic mass is 9.98. The second kappa shape index (κ2) is 12.6. The monoisotopic (exact) mass is 572 g/mol. The van der Waals surface area contributed by atoms with Gasteiger partial charge in [-0.25, -0.2) is 9.97 Å². The quantitative estimate of drug-likeness (QED) is 0.164. The van der Waals surface area contributed by atoms with Gasteiger partial charge in [-0.05, 0) is 66.4 Å². The molecule has 1 atom stereocenters. The van der Waals surface area contributed by atoms with Crippen LogP contribution in [0.3, 0.4) is 0 Å². The highest BCUT2D eigenvalue weighted by Crippen LogP contribution is 2.32. The van der Waals surface area contributed by atoms with Crippen LogP contribution in [0.4, 0.5) is 0 Å². The zero-order chi connectivity index (χ0) is 29.8. The van der Waals surface area contributed by atoms with Gasteiger partial charge in [-0.3, -0.25) is 4.98 Å². The van der Waals surface area contributed by atoms with E-state index in [0.29, 0.717) is 19.0 Å². The molecule has 0 saturated heterocycles. The van der Waals surface area contributed by atoms with Crippen LogP contribution in [0.5, 0.6) is 0 Å². The third-order valence-electron chi connectivity index (χ3n) is 7.74. The number of aromatic nitrogens is 8. The summed E-state index contributed by atoms with van der Waals surface area (Å²) in [7, 11) is 0. The Labute approximate surface area is 251 Å². The lowest BCUT2D eigenvalue weighted by Gasteiger charge is -2.15. The highest BCUT2D eigenvalue weighted by molar-refractivity contribution is 5.81.